The smallest absolute Gasteiger partial charge is 0.115 e. The number of nitriles is 1. The molecule has 3 aromatic carbocycles. The summed E-state index contributed by atoms with van der Waals surface area (Å²) in [5.41, 5.74) is 10.8. The Hall–Kier alpha value is -3.71. The van der Waals surface area contributed by atoms with Crippen molar-refractivity contribution in [1.29, 1.82) is 5.26 Å². The molecule has 0 aliphatic rings. The Bertz CT molecular complexity index is 917. The lowest BCUT2D eigenvalue weighted by atomic mass is 9.88. The Morgan fingerprint density at radius 3 is 1.58 bits per heavy atom. The first-order valence-corrected chi connectivity index (χ1v) is 8.13. The number of phenols is 2. The summed E-state index contributed by atoms with van der Waals surface area (Å²) in [6.45, 7) is 0. The van der Waals surface area contributed by atoms with Gasteiger partial charge in [0.15, 0.2) is 0 Å². The van der Waals surface area contributed by atoms with E-state index >= 15 is 0 Å². The van der Waals surface area contributed by atoms with E-state index in [1.807, 2.05) is 36.4 Å². The lowest BCUT2D eigenvalue weighted by molar-refractivity contribution is 0.475. The zero-order chi connectivity index (χ0) is 18.5. The van der Waals surface area contributed by atoms with Crippen LogP contribution in [0.15, 0.2) is 72.8 Å². The molecule has 128 valence electrons. The average Bonchev–Trinajstić information content (AvgIpc) is 2.65. The molecule has 0 bridgehead atoms. The second-order valence-corrected chi connectivity index (χ2v) is 5.90. The third-order valence-electron chi connectivity index (χ3n) is 4.13. The van der Waals surface area contributed by atoms with Crippen LogP contribution in [0.3, 0.4) is 0 Å². The van der Waals surface area contributed by atoms with E-state index in [1.165, 1.54) is 0 Å². The van der Waals surface area contributed by atoms with Crippen LogP contribution in [0.2, 0.25) is 0 Å². The number of hydrogen-bond acceptors (Lipinski definition) is 4. The molecule has 4 heteroatoms. The number of nitrogen functional groups attached to an aromatic ring is 1. The predicted molar refractivity (Wildman–Crippen MR) is 103 cm³/mol. The quantitative estimate of drug-likeness (QED) is 0.479. The lowest BCUT2D eigenvalue weighted by Crippen LogP contribution is -1.96. The zero-order valence-corrected chi connectivity index (χ0v) is 14.1. The molecule has 0 amide bonds. The number of benzene rings is 3. The standard InChI is InChI=1S/C22H18N2O2/c23-14-13-21(15-1-7-18(24)8-2-15)22(16-3-9-19(25)10-4-16)17-5-11-20(26)12-6-17/h1-12,25-26H,13,24H2. The summed E-state index contributed by atoms with van der Waals surface area (Å²) < 4.78 is 0. The summed E-state index contributed by atoms with van der Waals surface area (Å²) in [6.07, 6.45) is 0.209. The number of nitrogens with zero attached hydrogens (tertiary/aromatic N) is 1. The van der Waals surface area contributed by atoms with Gasteiger partial charge in [-0.05, 0) is 64.2 Å². The molecule has 4 N–H and O–H groups in total. The van der Waals surface area contributed by atoms with Crippen LogP contribution in [0.4, 0.5) is 5.69 Å². The van der Waals surface area contributed by atoms with Crippen molar-refractivity contribution in [1.82, 2.24) is 0 Å². The van der Waals surface area contributed by atoms with Crippen molar-refractivity contribution in [3.63, 3.8) is 0 Å². The highest BCUT2D eigenvalue weighted by Crippen LogP contribution is 2.35. The molecular weight excluding hydrogens is 324 g/mol. The summed E-state index contributed by atoms with van der Waals surface area (Å²) in [7, 11) is 0. The van der Waals surface area contributed by atoms with Crippen LogP contribution < -0.4 is 5.73 Å². The molecule has 0 saturated heterocycles. The summed E-state index contributed by atoms with van der Waals surface area (Å²) in [5, 5.41) is 28.6. The fraction of sp³-hybridized carbons (Fsp3) is 0.0455. The van der Waals surface area contributed by atoms with Gasteiger partial charge in [0.05, 0.1) is 12.5 Å². The Morgan fingerprint density at radius 1 is 0.731 bits per heavy atom. The fourth-order valence-electron chi connectivity index (χ4n) is 2.87. The Kier molecular flexibility index (Phi) is 4.91. The van der Waals surface area contributed by atoms with E-state index in [1.54, 1.807) is 36.4 Å². The third kappa shape index (κ3) is 3.68. The van der Waals surface area contributed by atoms with Gasteiger partial charge in [-0.1, -0.05) is 36.4 Å². The third-order valence-corrected chi connectivity index (χ3v) is 4.13. The average molecular weight is 342 g/mol. The number of allylic oxidation sites excluding steroid dienone is 1. The van der Waals surface area contributed by atoms with Crippen LogP contribution in [0.1, 0.15) is 23.1 Å². The molecule has 0 heterocycles. The van der Waals surface area contributed by atoms with Gasteiger partial charge in [0.1, 0.15) is 11.5 Å². The Balaban J connectivity index is 2.29. The van der Waals surface area contributed by atoms with Gasteiger partial charge >= 0.3 is 0 Å². The summed E-state index contributed by atoms with van der Waals surface area (Å²) in [6, 6.07) is 23.3. The number of rotatable bonds is 4. The van der Waals surface area contributed by atoms with E-state index in [0.717, 1.165) is 27.8 Å². The van der Waals surface area contributed by atoms with E-state index in [2.05, 4.69) is 6.07 Å². The minimum Gasteiger partial charge on any atom is -0.508 e. The van der Waals surface area contributed by atoms with Crippen molar-refractivity contribution in [2.24, 2.45) is 0 Å². The molecule has 3 rings (SSSR count). The maximum Gasteiger partial charge on any atom is 0.115 e. The van der Waals surface area contributed by atoms with Crippen LogP contribution in [-0.2, 0) is 0 Å². The molecule has 0 unspecified atom stereocenters. The fourth-order valence-corrected chi connectivity index (χ4v) is 2.87. The molecule has 0 saturated carbocycles. The van der Waals surface area contributed by atoms with E-state index in [0.29, 0.717) is 5.69 Å². The van der Waals surface area contributed by atoms with Gasteiger partial charge in [-0.15, -0.1) is 0 Å². The van der Waals surface area contributed by atoms with Gasteiger partial charge in [-0.3, -0.25) is 0 Å². The normalized spacial score (nSPS) is 10.1. The second-order valence-electron chi connectivity index (χ2n) is 5.90. The Labute approximate surface area is 152 Å². The van der Waals surface area contributed by atoms with Crippen LogP contribution >= 0.6 is 0 Å². The van der Waals surface area contributed by atoms with Crippen molar-refractivity contribution >= 4 is 16.8 Å². The minimum absolute atomic E-state index is 0.174. The van der Waals surface area contributed by atoms with Crippen LogP contribution in [0, 0.1) is 11.3 Å². The SMILES string of the molecule is N#CCC(=C(c1ccc(O)cc1)c1ccc(O)cc1)c1ccc(N)cc1. The monoisotopic (exact) mass is 342 g/mol. The largest absolute Gasteiger partial charge is 0.508 e. The van der Waals surface area contributed by atoms with Gasteiger partial charge in [-0.25, -0.2) is 0 Å². The van der Waals surface area contributed by atoms with Gasteiger partial charge in [-0.2, -0.15) is 5.26 Å². The van der Waals surface area contributed by atoms with Crippen molar-refractivity contribution in [3.8, 4) is 17.6 Å². The van der Waals surface area contributed by atoms with Crippen molar-refractivity contribution < 1.29 is 10.2 Å². The van der Waals surface area contributed by atoms with E-state index in [4.69, 9.17) is 5.73 Å². The van der Waals surface area contributed by atoms with E-state index in [-0.39, 0.29) is 17.9 Å². The minimum atomic E-state index is 0.174. The highest BCUT2D eigenvalue weighted by atomic mass is 16.3. The summed E-state index contributed by atoms with van der Waals surface area (Å²) in [4.78, 5) is 0. The predicted octanol–water partition coefficient (Wildman–Crippen LogP) is 4.55. The number of hydrogen-bond donors (Lipinski definition) is 3. The summed E-state index contributed by atoms with van der Waals surface area (Å²) in [5.74, 6) is 0.348. The molecule has 0 fully saturated rings. The molecule has 0 aliphatic heterocycles. The summed E-state index contributed by atoms with van der Waals surface area (Å²) >= 11 is 0. The van der Waals surface area contributed by atoms with Gasteiger partial charge in [0.2, 0.25) is 0 Å². The van der Waals surface area contributed by atoms with Crippen molar-refractivity contribution in [2.75, 3.05) is 5.73 Å². The highest BCUT2D eigenvalue weighted by molar-refractivity contribution is 5.99. The Morgan fingerprint density at radius 2 is 1.15 bits per heavy atom. The molecule has 26 heavy (non-hydrogen) atoms. The van der Waals surface area contributed by atoms with Crippen molar-refractivity contribution in [3.05, 3.63) is 89.5 Å². The molecule has 0 radical (unpaired) electrons. The lowest BCUT2D eigenvalue weighted by Gasteiger charge is -2.16. The zero-order valence-electron chi connectivity index (χ0n) is 14.1. The maximum absolute atomic E-state index is 9.62. The number of aromatic hydroxyl groups is 2. The number of phenolic OH excluding ortho intramolecular Hbond substituents is 2. The van der Waals surface area contributed by atoms with Gasteiger partial charge in [0, 0.05) is 5.69 Å². The van der Waals surface area contributed by atoms with Crippen LogP contribution in [0.5, 0.6) is 11.5 Å². The van der Waals surface area contributed by atoms with Crippen LogP contribution in [-0.4, -0.2) is 10.2 Å². The van der Waals surface area contributed by atoms with Crippen molar-refractivity contribution in [2.45, 2.75) is 6.42 Å². The first kappa shape index (κ1) is 17.1. The van der Waals surface area contributed by atoms with Gasteiger partial charge in [0.25, 0.3) is 0 Å². The maximum atomic E-state index is 9.62. The molecule has 4 nitrogen and oxygen atoms in total. The van der Waals surface area contributed by atoms with E-state index < -0.39 is 0 Å². The number of nitrogens with two attached hydrogens (primary N) is 1. The molecule has 3 aromatic rings. The van der Waals surface area contributed by atoms with E-state index in [9.17, 15) is 15.5 Å². The first-order valence-electron chi connectivity index (χ1n) is 8.13. The molecule has 0 spiro atoms. The van der Waals surface area contributed by atoms with Gasteiger partial charge < -0.3 is 15.9 Å². The molecule has 0 aliphatic carbocycles. The molecule has 0 atom stereocenters. The van der Waals surface area contributed by atoms with Crippen LogP contribution in [0.25, 0.3) is 11.1 Å². The first-order chi connectivity index (χ1) is 12.6. The number of anilines is 1. The second kappa shape index (κ2) is 7.45. The molecule has 0 aromatic heterocycles. The molecular formula is C22H18N2O2. The highest BCUT2D eigenvalue weighted by Gasteiger charge is 2.14. The topological polar surface area (TPSA) is 90.3 Å².